The van der Waals surface area contributed by atoms with Crippen molar-refractivity contribution in [3.8, 4) is 0 Å². The van der Waals surface area contributed by atoms with Crippen LogP contribution in [0.4, 0.5) is 8.78 Å². The molecule has 0 aliphatic rings. The Morgan fingerprint density at radius 3 is 2.79 bits per heavy atom. The summed E-state index contributed by atoms with van der Waals surface area (Å²) in [6.07, 6.45) is -1.24. The highest BCUT2D eigenvalue weighted by Crippen LogP contribution is 2.26. The molecule has 1 aromatic carbocycles. The van der Waals surface area contributed by atoms with Crippen molar-refractivity contribution in [3.05, 3.63) is 33.8 Å². The number of carbonyl (C=O) groups excluding carboxylic acids is 1. The van der Waals surface area contributed by atoms with Crippen molar-refractivity contribution in [3.63, 3.8) is 0 Å². The Labute approximate surface area is 87.8 Å². The second-order valence-electron chi connectivity index (χ2n) is 2.55. The summed E-state index contributed by atoms with van der Waals surface area (Å²) < 4.78 is 25.5. The van der Waals surface area contributed by atoms with E-state index in [0.29, 0.717) is 10.0 Å². The standard InChI is InChI=1S/C9H6BrF2NO/c10-7-1-2-8(9(11)12)6(3-7)4-13-5-14/h1-3,9H,4H2. The molecule has 2 nitrogen and oxygen atoms in total. The maximum Gasteiger partial charge on any atom is 0.264 e. The van der Waals surface area contributed by atoms with E-state index >= 15 is 0 Å². The van der Waals surface area contributed by atoms with Crippen LogP contribution in [-0.4, -0.2) is 6.08 Å². The summed E-state index contributed by atoms with van der Waals surface area (Å²) in [5.74, 6) is 0. The Hall–Kier alpha value is -1.06. The quantitative estimate of drug-likeness (QED) is 0.607. The Bertz CT molecular complexity index is 375. The minimum absolute atomic E-state index is 0.0669. The van der Waals surface area contributed by atoms with Crippen LogP contribution in [0.2, 0.25) is 0 Å². The largest absolute Gasteiger partial charge is 0.264 e. The highest BCUT2D eigenvalue weighted by atomic mass is 79.9. The molecule has 5 heteroatoms. The van der Waals surface area contributed by atoms with Crippen LogP contribution >= 0.6 is 15.9 Å². The maximum absolute atomic E-state index is 12.4. The Morgan fingerprint density at radius 2 is 2.21 bits per heavy atom. The Morgan fingerprint density at radius 1 is 1.50 bits per heavy atom. The molecular weight excluding hydrogens is 256 g/mol. The molecule has 0 N–H and O–H groups in total. The van der Waals surface area contributed by atoms with E-state index in [9.17, 15) is 13.6 Å². The number of halogens is 3. The lowest BCUT2D eigenvalue weighted by Crippen LogP contribution is -1.93. The van der Waals surface area contributed by atoms with Gasteiger partial charge in [0.05, 0.1) is 6.54 Å². The fraction of sp³-hybridized carbons (Fsp3) is 0.222. The highest BCUT2D eigenvalue weighted by Gasteiger charge is 2.12. The molecule has 0 saturated heterocycles. The van der Waals surface area contributed by atoms with Gasteiger partial charge in [-0.1, -0.05) is 22.0 Å². The molecule has 74 valence electrons. The van der Waals surface area contributed by atoms with Gasteiger partial charge in [0.1, 0.15) is 0 Å². The maximum atomic E-state index is 12.4. The van der Waals surface area contributed by atoms with E-state index in [1.54, 1.807) is 0 Å². The fourth-order valence-electron chi connectivity index (χ4n) is 1.04. The van der Waals surface area contributed by atoms with E-state index in [1.165, 1.54) is 24.3 Å². The summed E-state index contributed by atoms with van der Waals surface area (Å²) in [6, 6.07) is 4.35. The molecule has 0 fully saturated rings. The third kappa shape index (κ3) is 2.72. The summed E-state index contributed by atoms with van der Waals surface area (Å²) >= 11 is 3.15. The molecule has 0 unspecified atom stereocenters. The van der Waals surface area contributed by atoms with Gasteiger partial charge < -0.3 is 0 Å². The number of hydrogen-bond donors (Lipinski definition) is 0. The fourth-order valence-corrected chi connectivity index (χ4v) is 1.45. The minimum atomic E-state index is -2.56. The molecule has 0 heterocycles. The molecule has 0 atom stereocenters. The number of isocyanates is 1. The van der Waals surface area contributed by atoms with Gasteiger partial charge in [-0.15, -0.1) is 0 Å². The Kier molecular flexibility index (Phi) is 3.92. The number of alkyl halides is 2. The first kappa shape index (κ1) is 11.0. The zero-order valence-electron chi connectivity index (χ0n) is 7.01. The van der Waals surface area contributed by atoms with Crippen molar-refractivity contribution in [1.82, 2.24) is 0 Å². The zero-order chi connectivity index (χ0) is 10.6. The molecule has 0 bridgehead atoms. The summed E-state index contributed by atoms with van der Waals surface area (Å²) in [4.78, 5) is 13.1. The molecule has 0 aromatic heterocycles. The van der Waals surface area contributed by atoms with Gasteiger partial charge in [0, 0.05) is 10.0 Å². The number of rotatable bonds is 3. The third-order valence-corrected chi connectivity index (χ3v) is 2.15. The van der Waals surface area contributed by atoms with Crippen LogP contribution in [0.15, 0.2) is 27.7 Å². The first-order valence-electron chi connectivity index (χ1n) is 3.75. The van der Waals surface area contributed by atoms with Crippen LogP contribution < -0.4 is 0 Å². The molecule has 1 rings (SSSR count). The van der Waals surface area contributed by atoms with Gasteiger partial charge in [0.25, 0.3) is 6.43 Å². The number of aliphatic imine (C=N–C) groups is 1. The number of benzene rings is 1. The van der Waals surface area contributed by atoms with Crippen molar-refractivity contribution in [1.29, 1.82) is 0 Å². The molecule has 14 heavy (non-hydrogen) atoms. The van der Waals surface area contributed by atoms with Crippen molar-refractivity contribution in [2.24, 2.45) is 4.99 Å². The van der Waals surface area contributed by atoms with Gasteiger partial charge in [0.15, 0.2) is 0 Å². The monoisotopic (exact) mass is 261 g/mol. The zero-order valence-corrected chi connectivity index (χ0v) is 8.59. The van der Waals surface area contributed by atoms with Crippen molar-refractivity contribution in [2.75, 3.05) is 0 Å². The summed E-state index contributed by atoms with van der Waals surface area (Å²) in [5, 5.41) is 0. The normalized spacial score (nSPS) is 10.0. The average Bonchev–Trinajstić information content (AvgIpc) is 2.14. The Balaban J connectivity index is 3.08. The lowest BCUT2D eigenvalue weighted by Gasteiger charge is -2.05. The summed E-state index contributed by atoms with van der Waals surface area (Å²) in [7, 11) is 0. The minimum Gasteiger partial charge on any atom is -0.211 e. The first-order valence-corrected chi connectivity index (χ1v) is 4.54. The highest BCUT2D eigenvalue weighted by molar-refractivity contribution is 9.10. The third-order valence-electron chi connectivity index (χ3n) is 1.65. The van der Waals surface area contributed by atoms with Gasteiger partial charge in [-0.05, 0) is 17.7 Å². The molecular formula is C9H6BrF2NO. The van der Waals surface area contributed by atoms with Gasteiger partial charge in [0.2, 0.25) is 6.08 Å². The molecule has 0 radical (unpaired) electrons. The lowest BCUT2D eigenvalue weighted by atomic mass is 10.1. The number of hydrogen-bond acceptors (Lipinski definition) is 2. The molecule has 1 aromatic rings. The van der Waals surface area contributed by atoms with Crippen molar-refractivity contribution in [2.45, 2.75) is 13.0 Å². The van der Waals surface area contributed by atoms with Gasteiger partial charge in [-0.3, -0.25) is 0 Å². The van der Waals surface area contributed by atoms with Crippen molar-refractivity contribution < 1.29 is 13.6 Å². The molecule has 0 aliphatic heterocycles. The topological polar surface area (TPSA) is 29.4 Å². The summed E-state index contributed by atoms with van der Waals surface area (Å²) in [6.45, 7) is -0.0669. The van der Waals surface area contributed by atoms with Crippen LogP contribution in [0.3, 0.4) is 0 Å². The summed E-state index contributed by atoms with van der Waals surface area (Å²) in [5.41, 5.74) is 0.227. The van der Waals surface area contributed by atoms with Gasteiger partial charge in [-0.25, -0.2) is 18.6 Å². The lowest BCUT2D eigenvalue weighted by molar-refractivity contribution is 0.150. The van der Waals surface area contributed by atoms with Crippen LogP contribution in [-0.2, 0) is 11.3 Å². The second kappa shape index (κ2) is 4.98. The predicted molar refractivity (Wildman–Crippen MR) is 50.9 cm³/mol. The number of nitrogens with zero attached hydrogens (tertiary/aromatic N) is 1. The van der Waals surface area contributed by atoms with Crippen LogP contribution in [0.5, 0.6) is 0 Å². The van der Waals surface area contributed by atoms with E-state index in [0.717, 1.165) is 0 Å². The smallest absolute Gasteiger partial charge is 0.211 e. The van der Waals surface area contributed by atoms with E-state index < -0.39 is 6.43 Å². The molecule has 0 amide bonds. The van der Waals surface area contributed by atoms with Gasteiger partial charge >= 0.3 is 0 Å². The molecule has 0 spiro atoms. The van der Waals surface area contributed by atoms with E-state index in [1.807, 2.05) is 0 Å². The van der Waals surface area contributed by atoms with Crippen LogP contribution in [0.25, 0.3) is 0 Å². The predicted octanol–water partition coefficient (Wildman–Crippen LogP) is 3.22. The van der Waals surface area contributed by atoms with E-state index in [-0.39, 0.29) is 12.1 Å². The average molecular weight is 262 g/mol. The van der Waals surface area contributed by atoms with Crippen LogP contribution in [0, 0.1) is 0 Å². The first-order chi connectivity index (χ1) is 6.65. The second-order valence-corrected chi connectivity index (χ2v) is 3.47. The van der Waals surface area contributed by atoms with E-state index in [2.05, 4.69) is 20.9 Å². The SMILES string of the molecule is O=C=NCc1cc(Br)ccc1C(F)F. The molecule has 0 aliphatic carbocycles. The van der Waals surface area contributed by atoms with Gasteiger partial charge in [-0.2, -0.15) is 0 Å². The van der Waals surface area contributed by atoms with Crippen molar-refractivity contribution >= 4 is 22.0 Å². The van der Waals surface area contributed by atoms with E-state index in [4.69, 9.17) is 0 Å². The molecule has 0 saturated carbocycles. The van der Waals surface area contributed by atoms with Crippen LogP contribution in [0.1, 0.15) is 17.6 Å².